The van der Waals surface area contributed by atoms with Crippen LogP contribution in [-0.4, -0.2) is 40.2 Å². The van der Waals surface area contributed by atoms with Gasteiger partial charge in [-0.2, -0.15) is 0 Å². The van der Waals surface area contributed by atoms with Gasteiger partial charge in [-0.15, -0.1) is 11.8 Å². The van der Waals surface area contributed by atoms with E-state index in [4.69, 9.17) is 23.6 Å². The Hall–Kier alpha value is -3.85. The van der Waals surface area contributed by atoms with Crippen molar-refractivity contribution < 1.29 is 23.4 Å². The fraction of sp³-hybridized carbons (Fsp3) is 0.286. The number of esters is 1. The highest BCUT2D eigenvalue weighted by Gasteiger charge is 2.19. The maximum Gasteiger partial charge on any atom is 0.309 e. The Morgan fingerprint density at radius 1 is 1.00 bits per heavy atom. The Labute approximate surface area is 220 Å². The van der Waals surface area contributed by atoms with Crippen molar-refractivity contribution in [1.29, 1.82) is 0 Å². The van der Waals surface area contributed by atoms with Crippen LogP contribution in [0.2, 0.25) is 0 Å². The molecule has 4 rings (SSSR count). The molecule has 0 radical (unpaired) electrons. The summed E-state index contributed by atoms with van der Waals surface area (Å²) >= 11 is 1.62. The molecule has 0 aliphatic carbocycles. The minimum atomic E-state index is -0.511. The van der Waals surface area contributed by atoms with Gasteiger partial charge in [0.1, 0.15) is 17.0 Å². The number of aromatic nitrogens is 3. The second-order valence-electron chi connectivity index (χ2n) is 9.06. The molecule has 3 heterocycles. The highest BCUT2D eigenvalue weighted by Crippen LogP contribution is 2.35. The number of hydrogen-bond donors (Lipinski definition) is 0. The van der Waals surface area contributed by atoms with Crippen molar-refractivity contribution in [3.05, 3.63) is 73.0 Å². The molecule has 3 aromatic heterocycles. The van der Waals surface area contributed by atoms with Crippen molar-refractivity contribution in [3.8, 4) is 34.2 Å². The lowest BCUT2D eigenvalue weighted by atomic mass is 10.1. The average Bonchev–Trinajstić information content (AvgIpc) is 3.32. The summed E-state index contributed by atoms with van der Waals surface area (Å²) in [6.45, 7) is 5.75. The molecule has 0 fully saturated rings. The van der Waals surface area contributed by atoms with Gasteiger partial charge < -0.3 is 18.6 Å². The molecule has 37 heavy (non-hydrogen) atoms. The van der Waals surface area contributed by atoms with Gasteiger partial charge in [0, 0.05) is 40.7 Å². The van der Waals surface area contributed by atoms with Crippen molar-refractivity contribution in [3.63, 3.8) is 0 Å². The first kappa shape index (κ1) is 26.2. The second-order valence-corrected chi connectivity index (χ2v) is 10.1. The molecule has 0 unspecified atom stereocenters. The Bertz CT molecular complexity index is 1300. The van der Waals surface area contributed by atoms with E-state index in [1.165, 1.54) is 0 Å². The van der Waals surface area contributed by atoms with E-state index in [0.29, 0.717) is 34.7 Å². The maximum absolute atomic E-state index is 11.9. The van der Waals surface area contributed by atoms with Gasteiger partial charge in [-0.1, -0.05) is 0 Å². The quantitative estimate of drug-likeness (QED) is 0.179. The van der Waals surface area contributed by atoms with Gasteiger partial charge in [0.2, 0.25) is 11.8 Å². The molecule has 8 nitrogen and oxygen atoms in total. The van der Waals surface area contributed by atoms with Crippen LogP contribution >= 0.6 is 11.8 Å². The first-order valence-corrected chi connectivity index (χ1v) is 12.8. The lowest BCUT2D eigenvalue weighted by Gasteiger charge is -2.19. The molecular weight excluding hydrogens is 490 g/mol. The van der Waals surface area contributed by atoms with E-state index in [0.717, 1.165) is 16.0 Å². The summed E-state index contributed by atoms with van der Waals surface area (Å²) in [5, 5.41) is 0. The number of hydrogen-bond acceptors (Lipinski definition) is 9. The topological polar surface area (TPSA) is 96.6 Å². The average molecular weight is 520 g/mol. The number of thioether (sulfide) groups is 1. The summed E-state index contributed by atoms with van der Waals surface area (Å²) in [7, 11) is 1.58. The number of oxazole rings is 1. The molecule has 0 atom stereocenters. The molecule has 0 amide bonds. The molecule has 0 bridgehead atoms. The summed E-state index contributed by atoms with van der Waals surface area (Å²) in [5.41, 5.74) is 1.84. The van der Waals surface area contributed by atoms with Crippen LogP contribution in [0.15, 0.2) is 76.4 Å². The summed E-state index contributed by atoms with van der Waals surface area (Å²) in [6, 6.07) is 15.1. The second kappa shape index (κ2) is 11.9. The van der Waals surface area contributed by atoms with E-state index < -0.39 is 5.60 Å². The lowest BCUT2D eigenvalue weighted by Crippen LogP contribution is -2.24. The third kappa shape index (κ3) is 7.57. The van der Waals surface area contributed by atoms with Crippen molar-refractivity contribution in [2.24, 2.45) is 0 Å². The number of methoxy groups -OCH3 is 1. The molecule has 0 saturated carbocycles. The molecule has 0 aliphatic rings. The third-order valence-corrected chi connectivity index (χ3v) is 6.01. The first-order valence-electron chi connectivity index (χ1n) is 11.8. The zero-order valence-electron chi connectivity index (χ0n) is 21.3. The smallest absolute Gasteiger partial charge is 0.309 e. The van der Waals surface area contributed by atoms with Gasteiger partial charge in [0.15, 0.2) is 5.76 Å². The predicted octanol–water partition coefficient (Wildman–Crippen LogP) is 6.21. The highest BCUT2D eigenvalue weighted by molar-refractivity contribution is 7.98. The summed E-state index contributed by atoms with van der Waals surface area (Å²) < 4.78 is 22.5. The molecule has 0 aliphatic heterocycles. The molecule has 192 valence electrons. The highest BCUT2D eigenvalue weighted by atomic mass is 32.2. The molecule has 0 N–H and O–H groups in total. The van der Waals surface area contributed by atoms with E-state index >= 15 is 0 Å². The summed E-state index contributed by atoms with van der Waals surface area (Å²) in [6.07, 6.45) is 5.41. The van der Waals surface area contributed by atoms with E-state index in [1.807, 2.05) is 63.2 Å². The Morgan fingerprint density at radius 3 is 2.38 bits per heavy atom. The number of pyridine rings is 2. The van der Waals surface area contributed by atoms with E-state index in [-0.39, 0.29) is 19.0 Å². The molecular formula is C28H29N3O5S. The number of carbonyl (C=O) groups is 1. The number of benzene rings is 1. The minimum absolute atomic E-state index is 0.175. The summed E-state index contributed by atoms with van der Waals surface area (Å²) in [4.78, 5) is 26.1. The van der Waals surface area contributed by atoms with E-state index in [9.17, 15) is 4.79 Å². The van der Waals surface area contributed by atoms with Crippen LogP contribution in [-0.2, 0) is 15.3 Å². The van der Waals surface area contributed by atoms with Crippen LogP contribution in [0.25, 0.3) is 22.6 Å². The summed E-state index contributed by atoms with van der Waals surface area (Å²) in [5.74, 6) is 2.67. The van der Waals surface area contributed by atoms with Crippen LogP contribution in [0.3, 0.4) is 0 Å². The molecule has 0 saturated heterocycles. The largest absolute Gasteiger partial charge is 0.493 e. The molecule has 9 heteroatoms. The maximum atomic E-state index is 11.9. The van der Waals surface area contributed by atoms with Gasteiger partial charge in [-0.3, -0.25) is 9.78 Å². The van der Waals surface area contributed by atoms with Crippen LogP contribution in [0.5, 0.6) is 11.6 Å². The lowest BCUT2D eigenvalue weighted by molar-refractivity contribution is -0.155. The van der Waals surface area contributed by atoms with Crippen molar-refractivity contribution in [1.82, 2.24) is 15.0 Å². The monoisotopic (exact) mass is 519 g/mol. The van der Waals surface area contributed by atoms with Gasteiger partial charge in [0.25, 0.3) is 0 Å². The van der Waals surface area contributed by atoms with E-state index in [1.54, 1.807) is 43.5 Å². The number of carbonyl (C=O) groups excluding carboxylic acids is 1. The molecule has 4 aromatic rings. The fourth-order valence-electron chi connectivity index (χ4n) is 3.39. The van der Waals surface area contributed by atoms with Gasteiger partial charge in [-0.05, 0) is 63.2 Å². The van der Waals surface area contributed by atoms with Crippen LogP contribution in [0.4, 0.5) is 0 Å². The van der Waals surface area contributed by atoms with Crippen LogP contribution < -0.4 is 9.47 Å². The number of rotatable bonds is 10. The Balaban J connectivity index is 1.50. The van der Waals surface area contributed by atoms with Crippen LogP contribution in [0, 0.1) is 0 Å². The van der Waals surface area contributed by atoms with Crippen molar-refractivity contribution >= 4 is 17.7 Å². The minimum Gasteiger partial charge on any atom is -0.493 e. The zero-order valence-corrected chi connectivity index (χ0v) is 22.1. The van der Waals surface area contributed by atoms with E-state index in [2.05, 4.69) is 9.97 Å². The normalized spacial score (nSPS) is 11.2. The van der Waals surface area contributed by atoms with Crippen LogP contribution in [0.1, 0.15) is 33.1 Å². The zero-order chi connectivity index (χ0) is 26.3. The molecule has 1 aromatic carbocycles. The van der Waals surface area contributed by atoms with Gasteiger partial charge in [-0.25, -0.2) is 9.97 Å². The Morgan fingerprint density at radius 2 is 1.73 bits per heavy atom. The van der Waals surface area contributed by atoms with Gasteiger partial charge >= 0.3 is 5.97 Å². The third-order valence-electron chi connectivity index (χ3n) is 5.01. The fourth-order valence-corrected chi connectivity index (χ4v) is 4.11. The Kier molecular flexibility index (Phi) is 8.45. The standard InChI is InChI=1S/C28H29N3O5S/c1-28(2,3)36-25(32)13-16-34-21-8-5-19(6-9-21)27-26(20-7-10-23(33-4)30-17-20)31-24(35-27)18-37-22-11-14-29-15-12-22/h5-12,14-15,17H,13,16,18H2,1-4H3. The molecule has 0 spiro atoms. The number of ether oxygens (including phenoxy) is 3. The van der Waals surface area contributed by atoms with Crippen molar-refractivity contribution in [2.75, 3.05) is 13.7 Å². The van der Waals surface area contributed by atoms with Crippen molar-refractivity contribution in [2.45, 2.75) is 43.4 Å². The number of nitrogens with zero attached hydrogens (tertiary/aromatic N) is 3. The van der Waals surface area contributed by atoms with Gasteiger partial charge in [0.05, 0.1) is 25.9 Å². The predicted molar refractivity (Wildman–Crippen MR) is 141 cm³/mol. The first-order chi connectivity index (χ1) is 17.8. The SMILES string of the molecule is COc1ccc(-c2nc(CSc3ccncc3)oc2-c2ccc(OCCC(=O)OC(C)(C)C)cc2)cn1.